The SMILES string of the molecule is CN(C)C(=O)c1ccccc1N=C(N)N=C(N)N. The zero-order valence-corrected chi connectivity index (χ0v) is 10.3. The number of carbonyl (C=O) groups is 1. The normalized spacial score (nSPS) is 10.9. The standard InChI is InChI=1S/C11H16N6O/c1-17(2)9(18)7-5-3-4-6-8(7)15-11(14)16-10(12)13/h3-6H,1-2H3,(H6,12,13,14,15,16). The lowest BCUT2D eigenvalue weighted by atomic mass is 10.1. The van der Waals surface area contributed by atoms with Crippen LogP contribution in [0.5, 0.6) is 0 Å². The number of guanidine groups is 2. The van der Waals surface area contributed by atoms with Crippen LogP contribution in [0.25, 0.3) is 0 Å². The quantitative estimate of drug-likeness (QED) is 0.487. The molecular formula is C11H16N6O. The first kappa shape index (κ1) is 13.5. The van der Waals surface area contributed by atoms with Crippen molar-refractivity contribution >= 4 is 23.5 Å². The zero-order chi connectivity index (χ0) is 13.7. The summed E-state index contributed by atoms with van der Waals surface area (Å²) in [7, 11) is 3.31. The van der Waals surface area contributed by atoms with E-state index in [2.05, 4.69) is 9.98 Å². The van der Waals surface area contributed by atoms with E-state index in [-0.39, 0.29) is 17.8 Å². The van der Waals surface area contributed by atoms with E-state index in [0.717, 1.165) is 0 Å². The van der Waals surface area contributed by atoms with E-state index in [4.69, 9.17) is 17.2 Å². The summed E-state index contributed by atoms with van der Waals surface area (Å²) in [5.74, 6) is -0.464. The highest BCUT2D eigenvalue weighted by molar-refractivity contribution is 6.00. The van der Waals surface area contributed by atoms with Crippen molar-refractivity contribution in [3.05, 3.63) is 29.8 Å². The molecule has 0 aliphatic heterocycles. The van der Waals surface area contributed by atoms with Gasteiger partial charge in [-0.05, 0) is 12.1 Å². The van der Waals surface area contributed by atoms with Crippen LogP contribution in [0.3, 0.4) is 0 Å². The second kappa shape index (κ2) is 5.67. The Morgan fingerprint density at radius 3 is 2.33 bits per heavy atom. The number of rotatable bonds is 2. The minimum atomic E-state index is -0.187. The Morgan fingerprint density at radius 1 is 1.17 bits per heavy atom. The molecule has 1 amide bonds. The molecule has 0 aliphatic rings. The zero-order valence-electron chi connectivity index (χ0n) is 10.3. The summed E-state index contributed by atoms with van der Waals surface area (Å²) >= 11 is 0. The molecule has 1 aromatic carbocycles. The molecule has 0 aromatic heterocycles. The number of nitrogens with zero attached hydrogens (tertiary/aromatic N) is 3. The first-order chi connectivity index (χ1) is 8.41. The molecule has 0 fully saturated rings. The van der Waals surface area contributed by atoms with Crippen molar-refractivity contribution in [1.82, 2.24) is 4.90 Å². The summed E-state index contributed by atoms with van der Waals surface area (Å²) in [5.41, 5.74) is 16.7. The molecule has 0 saturated carbocycles. The van der Waals surface area contributed by atoms with Crippen LogP contribution in [-0.2, 0) is 0 Å². The van der Waals surface area contributed by atoms with Crippen molar-refractivity contribution in [3.63, 3.8) is 0 Å². The van der Waals surface area contributed by atoms with Crippen molar-refractivity contribution in [1.29, 1.82) is 0 Å². The fourth-order valence-electron chi connectivity index (χ4n) is 1.27. The molecule has 0 atom stereocenters. The second-order valence-electron chi connectivity index (χ2n) is 3.72. The number of benzene rings is 1. The Bertz CT molecular complexity index is 502. The molecule has 7 nitrogen and oxygen atoms in total. The molecule has 1 aromatic rings. The lowest BCUT2D eigenvalue weighted by molar-refractivity contribution is 0.0828. The highest BCUT2D eigenvalue weighted by Gasteiger charge is 2.12. The number of hydrogen-bond acceptors (Lipinski definition) is 2. The van der Waals surface area contributed by atoms with Gasteiger partial charge in [0.05, 0.1) is 11.3 Å². The predicted octanol–water partition coefficient (Wildman–Crippen LogP) is -0.392. The van der Waals surface area contributed by atoms with Crippen LogP contribution in [-0.4, -0.2) is 36.8 Å². The summed E-state index contributed by atoms with van der Waals surface area (Å²) in [6, 6.07) is 6.80. The minimum Gasteiger partial charge on any atom is -0.370 e. The number of carbonyl (C=O) groups excluding carboxylic acids is 1. The Morgan fingerprint density at radius 2 is 1.78 bits per heavy atom. The average molecular weight is 248 g/mol. The van der Waals surface area contributed by atoms with Crippen LogP contribution in [0, 0.1) is 0 Å². The smallest absolute Gasteiger partial charge is 0.255 e. The van der Waals surface area contributed by atoms with Crippen molar-refractivity contribution in [2.75, 3.05) is 14.1 Å². The summed E-state index contributed by atoms with van der Waals surface area (Å²) in [4.78, 5) is 20.9. The van der Waals surface area contributed by atoms with Crippen molar-refractivity contribution in [2.45, 2.75) is 0 Å². The van der Waals surface area contributed by atoms with Crippen molar-refractivity contribution in [2.24, 2.45) is 27.2 Å². The lowest BCUT2D eigenvalue weighted by Crippen LogP contribution is -2.26. The largest absolute Gasteiger partial charge is 0.370 e. The number of para-hydroxylation sites is 1. The number of nitrogens with two attached hydrogens (primary N) is 3. The Kier molecular flexibility index (Phi) is 4.25. The van der Waals surface area contributed by atoms with Crippen LogP contribution in [0.2, 0.25) is 0 Å². The van der Waals surface area contributed by atoms with E-state index < -0.39 is 0 Å². The average Bonchev–Trinajstić information content (AvgIpc) is 2.27. The third kappa shape index (κ3) is 3.48. The summed E-state index contributed by atoms with van der Waals surface area (Å²) in [6.07, 6.45) is 0. The van der Waals surface area contributed by atoms with Gasteiger partial charge >= 0.3 is 0 Å². The lowest BCUT2D eigenvalue weighted by Gasteiger charge is -2.11. The van der Waals surface area contributed by atoms with Gasteiger partial charge in [0, 0.05) is 14.1 Å². The molecule has 0 saturated heterocycles. The molecule has 0 spiro atoms. The highest BCUT2D eigenvalue weighted by Crippen LogP contribution is 2.19. The van der Waals surface area contributed by atoms with E-state index in [1.165, 1.54) is 4.90 Å². The van der Waals surface area contributed by atoms with Crippen molar-refractivity contribution < 1.29 is 4.79 Å². The topological polar surface area (TPSA) is 123 Å². The Balaban J connectivity index is 3.18. The van der Waals surface area contributed by atoms with E-state index >= 15 is 0 Å². The van der Waals surface area contributed by atoms with Gasteiger partial charge < -0.3 is 22.1 Å². The molecule has 1 rings (SSSR count). The third-order valence-corrected chi connectivity index (χ3v) is 2.02. The van der Waals surface area contributed by atoms with Crippen LogP contribution < -0.4 is 17.2 Å². The van der Waals surface area contributed by atoms with Gasteiger partial charge in [0.25, 0.3) is 5.91 Å². The van der Waals surface area contributed by atoms with E-state index in [1.807, 2.05) is 0 Å². The first-order valence-corrected chi connectivity index (χ1v) is 5.16. The molecule has 96 valence electrons. The second-order valence-corrected chi connectivity index (χ2v) is 3.72. The van der Waals surface area contributed by atoms with Gasteiger partial charge in [-0.3, -0.25) is 4.79 Å². The van der Waals surface area contributed by atoms with Crippen LogP contribution in [0.15, 0.2) is 34.3 Å². The van der Waals surface area contributed by atoms with Crippen LogP contribution >= 0.6 is 0 Å². The van der Waals surface area contributed by atoms with Gasteiger partial charge in [0.1, 0.15) is 0 Å². The van der Waals surface area contributed by atoms with Crippen LogP contribution in [0.1, 0.15) is 10.4 Å². The van der Waals surface area contributed by atoms with Gasteiger partial charge in [-0.1, -0.05) is 12.1 Å². The highest BCUT2D eigenvalue weighted by atomic mass is 16.2. The third-order valence-electron chi connectivity index (χ3n) is 2.02. The monoisotopic (exact) mass is 248 g/mol. The number of aliphatic imine (C=N–C) groups is 2. The fourth-order valence-corrected chi connectivity index (χ4v) is 1.27. The van der Waals surface area contributed by atoms with Gasteiger partial charge in [-0.25, -0.2) is 4.99 Å². The number of hydrogen-bond donors (Lipinski definition) is 3. The maximum atomic E-state index is 11.9. The Hall–Kier alpha value is -2.57. The maximum absolute atomic E-state index is 11.9. The summed E-state index contributed by atoms with van der Waals surface area (Å²) < 4.78 is 0. The molecule has 0 heterocycles. The van der Waals surface area contributed by atoms with E-state index in [9.17, 15) is 4.79 Å². The van der Waals surface area contributed by atoms with Crippen molar-refractivity contribution in [3.8, 4) is 0 Å². The molecule has 0 bridgehead atoms. The molecule has 7 heteroatoms. The molecule has 0 unspecified atom stereocenters. The summed E-state index contributed by atoms with van der Waals surface area (Å²) in [6.45, 7) is 0. The van der Waals surface area contributed by atoms with E-state index in [1.54, 1.807) is 38.4 Å². The van der Waals surface area contributed by atoms with Crippen LogP contribution in [0.4, 0.5) is 5.69 Å². The predicted molar refractivity (Wildman–Crippen MR) is 71.6 cm³/mol. The summed E-state index contributed by atoms with van der Waals surface area (Å²) in [5, 5.41) is 0. The van der Waals surface area contributed by atoms with E-state index in [0.29, 0.717) is 11.3 Å². The molecular weight excluding hydrogens is 232 g/mol. The molecule has 0 aliphatic carbocycles. The van der Waals surface area contributed by atoms with Gasteiger partial charge in [-0.15, -0.1) is 0 Å². The van der Waals surface area contributed by atoms with Gasteiger partial charge in [0.15, 0.2) is 5.96 Å². The Labute approximate surface area is 105 Å². The minimum absolute atomic E-state index is 0.103. The number of amides is 1. The van der Waals surface area contributed by atoms with Gasteiger partial charge in [0.2, 0.25) is 5.96 Å². The fraction of sp³-hybridized carbons (Fsp3) is 0.182. The maximum Gasteiger partial charge on any atom is 0.255 e. The molecule has 0 radical (unpaired) electrons. The molecule has 6 N–H and O–H groups in total. The molecule has 18 heavy (non-hydrogen) atoms. The first-order valence-electron chi connectivity index (χ1n) is 5.16. The van der Waals surface area contributed by atoms with Gasteiger partial charge in [-0.2, -0.15) is 4.99 Å².